The van der Waals surface area contributed by atoms with Crippen molar-refractivity contribution in [1.29, 1.82) is 0 Å². The lowest BCUT2D eigenvalue weighted by Gasteiger charge is -2.52. The molecule has 1 heterocycles. The number of ether oxygens (including phenoxy) is 3. The number of piperidine rings is 1. The van der Waals surface area contributed by atoms with Crippen molar-refractivity contribution in [3.8, 4) is 5.75 Å². The van der Waals surface area contributed by atoms with E-state index in [-0.39, 0.29) is 62.9 Å². The summed E-state index contributed by atoms with van der Waals surface area (Å²) in [5, 5.41) is 19.1. The van der Waals surface area contributed by atoms with Crippen LogP contribution in [0, 0.1) is 0 Å². The maximum atomic E-state index is 13.5. The highest BCUT2D eigenvalue weighted by Crippen LogP contribution is 2.46. The molecule has 48 heavy (non-hydrogen) atoms. The molecule has 1 fully saturated rings. The van der Waals surface area contributed by atoms with Crippen molar-refractivity contribution in [1.82, 2.24) is 4.90 Å². The van der Waals surface area contributed by atoms with E-state index in [4.69, 9.17) is 14.2 Å². The first-order valence-electron chi connectivity index (χ1n) is 15.1. The van der Waals surface area contributed by atoms with E-state index in [1.807, 2.05) is 13.0 Å². The second-order valence-electron chi connectivity index (χ2n) is 11.6. The van der Waals surface area contributed by atoms with Crippen LogP contribution in [0.1, 0.15) is 54.0 Å². The van der Waals surface area contributed by atoms with Crippen LogP contribution in [-0.2, 0) is 49.9 Å². The standard InChI is InChI=1S/C34H35F6NO7/c1-2-23-8-6-11-28(18-23)47-32(48-30(45)29(43)44)21-31(25-9-4-3-5-10-25,12-14-41(32)13-7-15-42)22-46-20-24-16-26(33(35,36)37)19-27(17-24)34(38,39)40/h3-6,8-11,16-19,42H,2,7,12-15,20-22H2,1H3,(H,43,44). The number of aryl methyl sites for hydroxylation is 1. The summed E-state index contributed by atoms with van der Waals surface area (Å²) in [4.78, 5) is 26.1. The molecule has 0 saturated carbocycles. The average molecular weight is 684 g/mol. The first-order chi connectivity index (χ1) is 22.6. The summed E-state index contributed by atoms with van der Waals surface area (Å²) in [5.41, 5.74) is -2.99. The Morgan fingerprint density at radius 1 is 0.896 bits per heavy atom. The number of aliphatic hydroxyl groups excluding tert-OH is 1. The van der Waals surface area contributed by atoms with Gasteiger partial charge >= 0.3 is 30.2 Å². The molecule has 0 spiro atoms. The summed E-state index contributed by atoms with van der Waals surface area (Å²) >= 11 is 0. The molecule has 0 aromatic heterocycles. The fraction of sp³-hybridized carbons (Fsp3) is 0.412. The summed E-state index contributed by atoms with van der Waals surface area (Å²) in [6.45, 7) is 0.986. The highest BCUT2D eigenvalue weighted by Gasteiger charge is 2.55. The lowest BCUT2D eigenvalue weighted by molar-refractivity contribution is -0.287. The molecule has 2 atom stereocenters. The number of aliphatic hydroxyl groups is 1. The van der Waals surface area contributed by atoms with Gasteiger partial charge in [-0.05, 0) is 66.3 Å². The summed E-state index contributed by atoms with van der Waals surface area (Å²) < 4.78 is 99.0. The zero-order valence-electron chi connectivity index (χ0n) is 25.9. The van der Waals surface area contributed by atoms with E-state index < -0.39 is 53.4 Å². The Labute approximate surface area is 272 Å². The van der Waals surface area contributed by atoms with Crippen molar-refractivity contribution in [2.24, 2.45) is 0 Å². The fourth-order valence-electron chi connectivity index (χ4n) is 5.83. The lowest BCUT2D eigenvalue weighted by atomic mass is 9.71. The maximum Gasteiger partial charge on any atom is 0.421 e. The van der Waals surface area contributed by atoms with Crippen LogP contribution < -0.4 is 4.74 Å². The van der Waals surface area contributed by atoms with Gasteiger partial charge < -0.3 is 24.4 Å². The molecular weight excluding hydrogens is 648 g/mol. The predicted molar refractivity (Wildman–Crippen MR) is 160 cm³/mol. The summed E-state index contributed by atoms with van der Waals surface area (Å²) in [6, 6.07) is 16.7. The van der Waals surface area contributed by atoms with Gasteiger partial charge in [0.1, 0.15) is 5.75 Å². The summed E-state index contributed by atoms with van der Waals surface area (Å²) in [7, 11) is 0. The molecule has 0 amide bonds. The highest BCUT2D eigenvalue weighted by molar-refractivity contribution is 6.28. The van der Waals surface area contributed by atoms with Crippen LogP contribution in [0.25, 0.3) is 0 Å². The Balaban J connectivity index is 1.77. The van der Waals surface area contributed by atoms with Gasteiger partial charge in [-0.2, -0.15) is 26.3 Å². The van der Waals surface area contributed by atoms with Crippen LogP contribution in [0.5, 0.6) is 5.75 Å². The second-order valence-corrected chi connectivity index (χ2v) is 11.6. The second kappa shape index (κ2) is 15.0. The smallest absolute Gasteiger partial charge is 0.421 e. The average Bonchev–Trinajstić information content (AvgIpc) is 3.04. The number of hydrogen-bond donors (Lipinski definition) is 2. The lowest BCUT2D eigenvalue weighted by Crippen LogP contribution is -2.65. The molecule has 260 valence electrons. The number of rotatable bonds is 12. The molecule has 1 aliphatic rings. The van der Waals surface area contributed by atoms with Crippen LogP contribution >= 0.6 is 0 Å². The number of alkyl halides is 6. The molecule has 8 nitrogen and oxygen atoms in total. The van der Waals surface area contributed by atoms with E-state index >= 15 is 0 Å². The third-order valence-corrected chi connectivity index (χ3v) is 8.18. The van der Waals surface area contributed by atoms with Gasteiger partial charge in [0.05, 0.1) is 30.8 Å². The van der Waals surface area contributed by atoms with E-state index in [0.29, 0.717) is 24.1 Å². The van der Waals surface area contributed by atoms with Crippen molar-refractivity contribution >= 4 is 11.9 Å². The van der Waals surface area contributed by atoms with E-state index in [1.165, 1.54) is 0 Å². The molecule has 0 bridgehead atoms. The number of benzene rings is 3. The number of carbonyl (C=O) groups is 2. The van der Waals surface area contributed by atoms with Gasteiger partial charge in [-0.25, -0.2) is 14.5 Å². The van der Waals surface area contributed by atoms with Crippen LogP contribution in [0.2, 0.25) is 0 Å². The van der Waals surface area contributed by atoms with Crippen LogP contribution in [0.4, 0.5) is 26.3 Å². The molecule has 1 saturated heterocycles. The minimum Gasteiger partial charge on any atom is -0.473 e. The predicted octanol–water partition coefficient (Wildman–Crippen LogP) is 6.58. The van der Waals surface area contributed by atoms with Gasteiger partial charge in [0.25, 0.3) is 0 Å². The number of halogens is 6. The number of nitrogens with zero attached hydrogens (tertiary/aromatic N) is 1. The number of carboxylic acid groups (broad SMARTS) is 1. The normalized spacial score (nSPS) is 20.3. The van der Waals surface area contributed by atoms with E-state index in [2.05, 4.69) is 0 Å². The summed E-state index contributed by atoms with van der Waals surface area (Å²) in [6.07, 6.45) is -9.23. The van der Waals surface area contributed by atoms with Gasteiger partial charge in [-0.15, -0.1) is 0 Å². The Morgan fingerprint density at radius 3 is 2.15 bits per heavy atom. The van der Waals surface area contributed by atoms with E-state index in [0.717, 1.165) is 5.56 Å². The molecule has 3 aromatic carbocycles. The number of hydrogen-bond acceptors (Lipinski definition) is 7. The SMILES string of the molecule is CCc1cccc(OC2(OC(=O)C(=O)O)CC(COCc3cc(C(F)(F)F)cc(C(F)(F)F)c3)(c3ccccc3)CCN2CCCO)c1. The molecule has 2 N–H and O–H groups in total. The van der Waals surface area contributed by atoms with Gasteiger partial charge in [0.2, 0.25) is 0 Å². The minimum atomic E-state index is -5.04. The number of aliphatic carboxylic acids is 1. The third kappa shape index (κ3) is 8.85. The Hall–Kier alpha value is -4.14. The first-order valence-corrected chi connectivity index (χ1v) is 15.1. The van der Waals surface area contributed by atoms with Crippen molar-refractivity contribution < 1.29 is 60.4 Å². The molecule has 4 rings (SSSR count). The van der Waals surface area contributed by atoms with Gasteiger partial charge in [-0.1, -0.05) is 49.4 Å². The monoisotopic (exact) mass is 683 g/mol. The zero-order chi connectivity index (χ0) is 35.2. The molecular formula is C34H35F6NO7. The van der Waals surface area contributed by atoms with Gasteiger partial charge in [0.15, 0.2) is 0 Å². The number of carbonyl (C=O) groups excluding carboxylic acids is 1. The Kier molecular flexibility index (Phi) is 11.4. The van der Waals surface area contributed by atoms with Crippen molar-refractivity contribution in [2.75, 3.05) is 26.3 Å². The van der Waals surface area contributed by atoms with Crippen molar-refractivity contribution in [2.45, 2.75) is 62.9 Å². The minimum absolute atomic E-state index is 0.0348. The number of esters is 1. The van der Waals surface area contributed by atoms with Gasteiger partial charge in [0, 0.05) is 25.1 Å². The van der Waals surface area contributed by atoms with Crippen LogP contribution in [0.3, 0.4) is 0 Å². The molecule has 3 aromatic rings. The van der Waals surface area contributed by atoms with Crippen LogP contribution in [0.15, 0.2) is 72.8 Å². The van der Waals surface area contributed by atoms with Gasteiger partial charge in [-0.3, -0.25) is 0 Å². The van der Waals surface area contributed by atoms with Crippen LogP contribution in [-0.4, -0.2) is 59.3 Å². The number of likely N-dealkylation sites (tertiary alicyclic amines) is 1. The zero-order valence-corrected chi connectivity index (χ0v) is 25.9. The first kappa shape index (κ1) is 36.7. The molecule has 14 heteroatoms. The molecule has 1 aliphatic heterocycles. The Bertz CT molecular complexity index is 1530. The largest absolute Gasteiger partial charge is 0.473 e. The van der Waals surface area contributed by atoms with Crippen molar-refractivity contribution in [3.63, 3.8) is 0 Å². The summed E-state index contributed by atoms with van der Waals surface area (Å²) in [5.74, 6) is -5.34. The van der Waals surface area contributed by atoms with Crippen molar-refractivity contribution in [3.05, 3.63) is 101 Å². The molecule has 0 aliphatic carbocycles. The third-order valence-electron chi connectivity index (χ3n) is 8.18. The van der Waals surface area contributed by atoms with E-state index in [1.54, 1.807) is 53.4 Å². The topological polar surface area (TPSA) is 106 Å². The Morgan fingerprint density at radius 2 is 1.56 bits per heavy atom. The number of carboxylic acids is 1. The quantitative estimate of drug-likeness (QED) is 0.0956. The van der Waals surface area contributed by atoms with E-state index in [9.17, 15) is 46.1 Å². The highest BCUT2D eigenvalue weighted by atomic mass is 19.4. The maximum absolute atomic E-state index is 13.5. The molecule has 0 radical (unpaired) electrons. The fourth-order valence-corrected chi connectivity index (χ4v) is 5.83. The molecule has 2 unspecified atom stereocenters.